The Hall–Kier alpha value is -2.68. The molecule has 118 valence electrons. The molecule has 0 atom stereocenters. The fourth-order valence-electron chi connectivity index (χ4n) is 1.41. The van der Waals surface area contributed by atoms with Gasteiger partial charge in [-0.1, -0.05) is 11.6 Å². The summed E-state index contributed by atoms with van der Waals surface area (Å²) in [4.78, 5) is 44.7. The maximum Gasteiger partial charge on any atom is 0.327 e. The maximum absolute atomic E-state index is 11.9. The van der Waals surface area contributed by atoms with Crippen molar-refractivity contribution in [2.45, 2.75) is 19.9 Å². The third kappa shape index (κ3) is 4.70. The zero-order valence-electron chi connectivity index (χ0n) is 11.7. The quantitative estimate of drug-likeness (QED) is 0.423. The number of nitro groups is 1. The van der Waals surface area contributed by atoms with Crippen LogP contribution in [0.4, 0.5) is 5.69 Å². The molecule has 9 nitrogen and oxygen atoms in total. The summed E-state index contributed by atoms with van der Waals surface area (Å²) in [6, 6.07) is 3.13. The molecule has 0 bridgehead atoms. The molecule has 0 unspecified atom stereocenters. The standard InChI is InChI=1S/C12H13ClN4O5/c1-6(2)14-11(19)12(20)16-15-10(18)8-5-7(13)3-4-9(8)17(21)22/h3-6H,1-2H3,(H,14,19)(H,15,18)(H,16,20). The first-order valence-corrected chi connectivity index (χ1v) is 6.45. The molecule has 0 aliphatic carbocycles. The van der Waals surface area contributed by atoms with E-state index in [0.29, 0.717) is 0 Å². The molecular formula is C12H13ClN4O5. The fourth-order valence-corrected chi connectivity index (χ4v) is 1.59. The number of rotatable bonds is 3. The minimum atomic E-state index is -1.10. The molecular weight excluding hydrogens is 316 g/mol. The molecule has 3 N–H and O–H groups in total. The second kappa shape index (κ2) is 7.36. The molecule has 0 saturated carbocycles. The maximum atomic E-state index is 11.9. The van der Waals surface area contributed by atoms with Gasteiger partial charge in [0, 0.05) is 17.1 Å². The van der Waals surface area contributed by atoms with Crippen LogP contribution in [0.15, 0.2) is 18.2 Å². The number of amides is 3. The van der Waals surface area contributed by atoms with Crippen LogP contribution in [-0.2, 0) is 9.59 Å². The number of halogens is 1. The smallest absolute Gasteiger partial charge is 0.327 e. The molecule has 0 saturated heterocycles. The molecule has 1 aromatic rings. The van der Waals surface area contributed by atoms with Crippen LogP contribution in [0.2, 0.25) is 5.02 Å². The van der Waals surface area contributed by atoms with E-state index in [2.05, 4.69) is 5.32 Å². The van der Waals surface area contributed by atoms with E-state index >= 15 is 0 Å². The van der Waals surface area contributed by atoms with Crippen LogP contribution in [0, 0.1) is 10.1 Å². The molecule has 3 amide bonds. The predicted molar refractivity (Wildman–Crippen MR) is 77.0 cm³/mol. The van der Waals surface area contributed by atoms with Crippen molar-refractivity contribution in [3.63, 3.8) is 0 Å². The van der Waals surface area contributed by atoms with E-state index in [1.807, 2.05) is 10.9 Å². The van der Waals surface area contributed by atoms with Crippen molar-refractivity contribution in [3.05, 3.63) is 38.9 Å². The van der Waals surface area contributed by atoms with Gasteiger partial charge in [-0.2, -0.15) is 0 Å². The molecule has 1 rings (SSSR count). The Morgan fingerprint density at radius 2 is 1.82 bits per heavy atom. The third-order valence-corrected chi connectivity index (χ3v) is 2.55. The Labute approximate surface area is 130 Å². The molecule has 1 aromatic carbocycles. The summed E-state index contributed by atoms with van der Waals surface area (Å²) < 4.78 is 0. The van der Waals surface area contributed by atoms with Crippen LogP contribution in [0.5, 0.6) is 0 Å². The minimum absolute atomic E-state index is 0.111. The predicted octanol–water partition coefficient (Wildman–Crippen LogP) is 0.534. The number of nitrogens with zero attached hydrogens (tertiary/aromatic N) is 1. The SMILES string of the molecule is CC(C)NC(=O)C(=O)NNC(=O)c1cc(Cl)ccc1[N+](=O)[O-]. The highest BCUT2D eigenvalue weighted by Gasteiger charge is 2.22. The summed E-state index contributed by atoms with van der Waals surface area (Å²) in [6.07, 6.45) is 0. The third-order valence-electron chi connectivity index (χ3n) is 2.32. The number of hydrogen-bond acceptors (Lipinski definition) is 5. The number of benzene rings is 1. The largest absolute Gasteiger partial charge is 0.346 e. The van der Waals surface area contributed by atoms with Crippen molar-refractivity contribution in [1.29, 1.82) is 0 Å². The van der Waals surface area contributed by atoms with Gasteiger partial charge in [-0.25, -0.2) is 0 Å². The zero-order valence-corrected chi connectivity index (χ0v) is 12.4. The van der Waals surface area contributed by atoms with E-state index in [1.165, 1.54) is 6.07 Å². The highest BCUT2D eigenvalue weighted by Crippen LogP contribution is 2.22. The molecule has 0 heterocycles. The van der Waals surface area contributed by atoms with Gasteiger partial charge >= 0.3 is 11.8 Å². The Balaban J connectivity index is 2.78. The summed E-state index contributed by atoms with van der Waals surface area (Å²) >= 11 is 5.68. The van der Waals surface area contributed by atoms with Crippen molar-refractivity contribution in [2.75, 3.05) is 0 Å². The van der Waals surface area contributed by atoms with Gasteiger partial charge in [0.15, 0.2) is 0 Å². The summed E-state index contributed by atoms with van der Waals surface area (Å²) in [5, 5.41) is 13.3. The van der Waals surface area contributed by atoms with Gasteiger partial charge in [0.05, 0.1) is 4.92 Å². The Kier molecular flexibility index (Phi) is 5.81. The Morgan fingerprint density at radius 1 is 1.18 bits per heavy atom. The highest BCUT2D eigenvalue weighted by molar-refractivity contribution is 6.35. The zero-order chi connectivity index (χ0) is 16.9. The second-order valence-corrected chi connectivity index (χ2v) is 4.89. The lowest BCUT2D eigenvalue weighted by Gasteiger charge is -2.10. The van der Waals surface area contributed by atoms with Crippen LogP contribution >= 0.6 is 11.6 Å². The van der Waals surface area contributed by atoms with Crippen LogP contribution in [0.3, 0.4) is 0 Å². The van der Waals surface area contributed by atoms with E-state index in [-0.39, 0.29) is 16.6 Å². The molecule has 22 heavy (non-hydrogen) atoms. The van der Waals surface area contributed by atoms with E-state index in [9.17, 15) is 24.5 Å². The molecule has 0 radical (unpaired) electrons. The number of carbonyl (C=O) groups excluding carboxylic acids is 3. The van der Waals surface area contributed by atoms with Gasteiger partial charge in [0.25, 0.3) is 11.6 Å². The van der Waals surface area contributed by atoms with E-state index in [4.69, 9.17) is 11.6 Å². The van der Waals surface area contributed by atoms with Crippen LogP contribution < -0.4 is 16.2 Å². The average Bonchev–Trinajstić information content (AvgIpc) is 2.43. The minimum Gasteiger partial charge on any atom is -0.346 e. The van der Waals surface area contributed by atoms with E-state index in [0.717, 1.165) is 12.1 Å². The Bertz CT molecular complexity index is 632. The number of nitro benzene ring substituents is 1. The summed E-state index contributed by atoms with van der Waals surface area (Å²) in [6.45, 7) is 3.30. The molecule has 0 aromatic heterocycles. The first-order chi connectivity index (χ1) is 10.2. The number of hydrogen-bond donors (Lipinski definition) is 3. The van der Waals surface area contributed by atoms with Crippen molar-refractivity contribution in [1.82, 2.24) is 16.2 Å². The Morgan fingerprint density at radius 3 is 2.36 bits per heavy atom. The monoisotopic (exact) mass is 328 g/mol. The normalized spacial score (nSPS) is 10.0. The fraction of sp³-hybridized carbons (Fsp3) is 0.250. The molecule has 0 spiro atoms. The van der Waals surface area contributed by atoms with Gasteiger partial charge in [-0.3, -0.25) is 35.3 Å². The van der Waals surface area contributed by atoms with Crippen molar-refractivity contribution < 1.29 is 19.3 Å². The number of hydrazine groups is 1. The topological polar surface area (TPSA) is 130 Å². The number of carbonyl (C=O) groups is 3. The van der Waals surface area contributed by atoms with Gasteiger partial charge < -0.3 is 5.32 Å². The molecule has 0 fully saturated rings. The van der Waals surface area contributed by atoms with Crippen molar-refractivity contribution in [3.8, 4) is 0 Å². The average molecular weight is 329 g/mol. The van der Waals surface area contributed by atoms with E-state index in [1.54, 1.807) is 13.8 Å². The first kappa shape index (κ1) is 17.4. The first-order valence-electron chi connectivity index (χ1n) is 6.07. The molecule has 0 aliphatic rings. The van der Waals surface area contributed by atoms with Crippen LogP contribution in [0.25, 0.3) is 0 Å². The van der Waals surface area contributed by atoms with E-state index < -0.39 is 28.3 Å². The highest BCUT2D eigenvalue weighted by atomic mass is 35.5. The summed E-state index contributed by atoms with van der Waals surface area (Å²) in [7, 11) is 0. The summed E-state index contributed by atoms with van der Waals surface area (Å²) in [5.41, 5.74) is 2.94. The second-order valence-electron chi connectivity index (χ2n) is 4.45. The lowest BCUT2D eigenvalue weighted by Crippen LogP contribution is -2.49. The number of nitrogens with one attached hydrogen (secondary N) is 3. The van der Waals surface area contributed by atoms with Gasteiger partial charge in [-0.15, -0.1) is 0 Å². The molecule has 0 aliphatic heterocycles. The van der Waals surface area contributed by atoms with Gasteiger partial charge in [0.2, 0.25) is 0 Å². The lowest BCUT2D eigenvalue weighted by atomic mass is 10.2. The van der Waals surface area contributed by atoms with Crippen LogP contribution in [-0.4, -0.2) is 28.7 Å². The molecule has 10 heteroatoms. The summed E-state index contributed by atoms with van der Waals surface area (Å²) in [5.74, 6) is -3.03. The van der Waals surface area contributed by atoms with Crippen LogP contribution in [0.1, 0.15) is 24.2 Å². The van der Waals surface area contributed by atoms with Crippen molar-refractivity contribution >= 4 is 35.0 Å². The van der Waals surface area contributed by atoms with Crippen molar-refractivity contribution in [2.24, 2.45) is 0 Å². The van der Waals surface area contributed by atoms with Gasteiger partial charge in [0.1, 0.15) is 5.56 Å². The van der Waals surface area contributed by atoms with Gasteiger partial charge in [-0.05, 0) is 26.0 Å². The lowest BCUT2D eigenvalue weighted by molar-refractivity contribution is -0.385.